The van der Waals surface area contributed by atoms with Crippen LogP contribution >= 0.6 is 11.8 Å². The summed E-state index contributed by atoms with van der Waals surface area (Å²) in [6, 6.07) is 5.20. The Labute approximate surface area is 200 Å². The maximum Gasteiger partial charge on any atom is 0.338 e. The molecule has 0 bridgehead atoms. The Bertz CT molecular complexity index is 1000. The number of methoxy groups -OCH3 is 1. The van der Waals surface area contributed by atoms with Crippen LogP contribution in [0.15, 0.2) is 34.6 Å². The summed E-state index contributed by atoms with van der Waals surface area (Å²) in [7, 11) is 1.61. The second kappa shape index (κ2) is 11.4. The van der Waals surface area contributed by atoms with Gasteiger partial charge in [-0.3, -0.25) is 0 Å². The molecule has 9 heteroatoms. The fourth-order valence-corrected chi connectivity index (χ4v) is 4.23. The number of nitrogens with one attached hydrogen (secondary N) is 1. The van der Waals surface area contributed by atoms with Gasteiger partial charge < -0.3 is 19.5 Å². The number of aromatic nitrogens is 3. The number of rotatable bonds is 11. The van der Waals surface area contributed by atoms with E-state index in [9.17, 15) is 4.79 Å². The first-order chi connectivity index (χ1) is 15.9. The molecule has 0 fully saturated rings. The molecule has 1 aliphatic heterocycles. The minimum Gasteiger partial charge on any atom is -0.493 e. The van der Waals surface area contributed by atoms with E-state index in [1.807, 2.05) is 39.0 Å². The lowest BCUT2D eigenvalue weighted by atomic mass is 9.95. The van der Waals surface area contributed by atoms with E-state index in [0.29, 0.717) is 40.5 Å². The second-order valence-electron chi connectivity index (χ2n) is 8.14. The topological polar surface area (TPSA) is 87.5 Å². The average molecular weight is 475 g/mol. The number of allylic oxidation sites excluding steroid dienone is 1. The van der Waals surface area contributed by atoms with Crippen LogP contribution in [-0.2, 0) is 9.53 Å². The van der Waals surface area contributed by atoms with Gasteiger partial charge in [0.05, 0.1) is 25.4 Å². The zero-order valence-corrected chi connectivity index (χ0v) is 21.1. The van der Waals surface area contributed by atoms with Crippen LogP contribution in [-0.4, -0.2) is 46.3 Å². The van der Waals surface area contributed by atoms with Crippen molar-refractivity contribution < 1.29 is 19.0 Å². The third-order valence-electron chi connectivity index (χ3n) is 5.09. The Hall–Kier alpha value is -2.68. The van der Waals surface area contributed by atoms with Gasteiger partial charge in [0.1, 0.15) is 6.04 Å². The maximum atomic E-state index is 13.2. The van der Waals surface area contributed by atoms with Crippen LogP contribution in [0, 0.1) is 0 Å². The zero-order valence-electron chi connectivity index (χ0n) is 20.3. The molecule has 3 rings (SSSR count). The number of fused-ring (bicyclic) bond motifs is 1. The summed E-state index contributed by atoms with van der Waals surface area (Å²) in [6.45, 7) is 10.4. The van der Waals surface area contributed by atoms with E-state index in [0.717, 1.165) is 30.6 Å². The number of carbonyl (C=O) groups excluding carboxylic acids is 1. The highest BCUT2D eigenvalue weighted by Gasteiger charge is 2.35. The molecule has 33 heavy (non-hydrogen) atoms. The Morgan fingerprint density at radius 3 is 2.70 bits per heavy atom. The lowest BCUT2D eigenvalue weighted by Gasteiger charge is -2.28. The molecule has 1 aromatic heterocycles. The number of ether oxygens (including phenoxy) is 3. The van der Waals surface area contributed by atoms with E-state index in [1.54, 1.807) is 23.6 Å². The van der Waals surface area contributed by atoms with E-state index in [-0.39, 0.29) is 12.1 Å². The Morgan fingerprint density at radius 2 is 2.03 bits per heavy atom. The zero-order chi connectivity index (χ0) is 24.0. The number of thioether (sulfide) groups is 1. The molecule has 1 atom stereocenters. The van der Waals surface area contributed by atoms with E-state index < -0.39 is 6.04 Å². The molecule has 8 nitrogen and oxygen atoms in total. The SMILES string of the molecule is CCCCOC(=O)C1=C(C)Nc2nc(SCCC)nn2C1c1ccc(OC(C)C)c(OC)c1. The summed E-state index contributed by atoms with van der Waals surface area (Å²) in [5.74, 6) is 2.41. The molecule has 0 saturated carbocycles. The van der Waals surface area contributed by atoms with Crippen LogP contribution in [0.25, 0.3) is 0 Å². The fourth-order valence-electron chi connectivity index (χ4n) is 3.55. The Balaban J connectivity index is 2.06. The molecule has 1 aliphatic rings. The van der Waals surface area contributed by atoms with Crippen molar-refractivity contribution in [3.63, 3.8) is 0 Å². The largest absolute Gasteiger partial charge is 0.493 e. The van der Waals surface area contributed by atoms with E-state index in [1.165, 1.54) is 0 Å². The van der Waals surface area contributed by atoms with E-state index in [4.69, 9.17) is 19.3 Å². The third-order valence-corrected chi connectivity index (χ3v) is 6.13. The summed E-state index contributed by atoms with van der Waals surface area (Å²) in [5, 5.41) is 8.64. The molecule has 1 N–H and O–H groups in total. The van der Waals surface area contributed by atoms with Gasteiger partial charge in [-0.05, 0) is 51.3 Å². The van der Waals surface area contributed by atoms with Crippen molar-refractivity contribution in [3.8, 4) is 11.5 Å². The molecule has 0 amide bonds. The first-order valence-electron chi connectivity index (χ1n) is 11.5. The molecule has 0 aliphatic carbocycles. The maximum absolute atomic E-state index is 13.2. The van der Waals surface area contributed by atoms with Crippen molar-refractivity contribution in [1.82, 2.24) is 14.8 Å². The predicted molar refractivity (Wildman–Crippen MR) is 130 cm³/mol. The number of benzene rings is 1. The highest BCUT2D eigenvalue weighted by Crippen LogP contribution is 2.40. The van der Waals surface area contributed by atoms with Gasteiger partial charge in [-0.2, -0.15) is 4.98 Å². The van der Waals surface area contributed by atoms with Gasteiger partial charge in [0.15, 0.2) is 11.5 Å². The van der Waals surface area contributed by atoms with Gasteiger partial charge in [0.25, 0.3) is 0 Å². The van der Waals surface area contributed by atoms with Crippen LogP contribution in [0.5, 0.6) is 11.5 Å². The van der Waals surface area contributed by atoms with Crippen molar-refractivity contribution in [2.24, 2.45) is 0 Å². The number of hydrogen-bond acceptors (Lipinski definition) is 8. The van der Waals surface area contributed by atoms with Gasteiger partial charge in [0.2, 0.25) is 11.1 Å². The molecule has 180 valence electrons. The molecular weight excluding hydrogens is 440 g/mol. The first-order valence-corrected chi connectivity index (χ1v) is 12.5. The first kappa shape index (κ1) is 25.0. The molecule has 0 saturated heterocycles. The third kappa shape index (κ3) is 5.82. The van der Waals surface area contributed by atoms with Crippen LogP contribution in [0.4, 0.5) is 5.95 Å². The van der Waals surface area contributed by atoms with Crippen molar-refractivity contribution in [1.29, 1.82) is 0 Å². The average Bonchev–Trinajstić information content (AvgIpc) is 3.19. The summed E-state index contributed by atoms with van der Waals surface area (Å²) in [6.07, 6.45) is 2.80. The van der Waals surface area contributed by atoms with Crippen molar-refractivity contribution in [2.45, 2.75) is 71.2 Å². The van der Waals surface area contributed by atoms with Gasteiger partial charge in [-0.25, -0.2) is 9.48 Å². The highest BCUT2D eigenvalue weighted by atomic mass is 32.2. The summed E-state index contributed by atoms with van der Waals surface area (Å²) < 4.78 is 18.8. The Kier molecular flexibility index (Phi) is 8.66. The lowest BCUT2D eigenvalue weighted by molar-refractivity contribution is -0.139. The van der Waals surface area contributed by atoms with Crippen LogP contribution < -0.4 is 14.8 Å². The van der Waals surface area contributed by atoms with Gasteiger partial charge in [-0.15, -0.1) is 5.10 Å². The molecule has 0 spiro atoms. The smallest absolute Gasteiger partial charge is 0.338 e. The van der Waals surface area contributed by atoms with Crippen LogP contribution in [0.1, 0.15) is 65.5 Å². The minimum absolute atomic E-state index is 0.00921. The monoisotopic (exact) mass is 474 g/mol. The molecule has 2 aromatic rings. The normalized spacial score (nSPS) is 15.3. The number of carbonyl (C=O) groups is 1. The number of unbranched alkanes of at least 4 members (excludes halogenated alkanes) is 1. The number of nitrogens with zero attached hydrogens (tertiary/aromatic N) is 3. The molecule has 0 radical (unpaired) electrons. The van der Waals surface area contributed by atoms with Gasteiger partial charge >= 0.3 is 5.97 Å². The quantitative estimate of drug-likeness (QED) is 0.270. The predicted octanol–water partition coefficient (Wildman–Crippen LogP) is 5.21. The van der Waals surface area contributed by atoms with E-state index >= 15 is 0 Å². The number of esters is 1. The van der Waals surface area contributed by atoms with Crippen LogP contribution in [0.2, 0.25) is 0 Å². The second-order valence-corrected chi connectivity index (χ2v) is 9.21. The number of anilines is 1. The standard InChI is InChI=1S/C24H34N4O4S/c1-7-9-12-31-22(29)20-16(5)25-23-26-24(33-13-8-2)27-28(23)21(20)17-10-11-18(32-15(3)4)19(14-17)30-6/h10-11,14-15,21H,7-9,12-13H2,1-6H3,(H,25,26,27). The van der Waals surface area contributed by atoms with Gasteiger partial charge in [-0.1, -0.05) is 38.1 Å². The van der Waals surface area contributed by atoms with Gasteiger partial charge in [0, 0.05) is 11.4 Å². The molecular formula is C24H34N4O4S. The highest BCUT2D eigenvalue weighted by molar-refractivity contribution is 7.99. The summed E-state index contributed by atoms with van der Waals surface area (Å²) >= 11 is 1.59. The lowest BCUT2D eigenvalue weighted by Crippen LogP contribution is -2.30. The Morgan fingerprint density at radius 1 is 1.24 bits per heavy atom. The number of hydrogen-bond donors (Lipinski definition) is 1. The van der Waals surface area contributed by atoms with Crippen LogP contribution in [0.3, 0.4) is 0 Å². The summed E-state index contributed by atoms with van der Waals surface area (Å²) in [5.41, 5.74) is 2.05. The van der Waals surface area contributed by atoms with Crippen molar-refractivity contribution in [3.05, 3.63) is 35.0 Å². The van der Waals surface area contributed by atoms with Crippen molar-refractivity contribution in [2.75, 3.05) is 24.8 Å². The molecule has 1 unspecified atom stereocenters. The summed E-state index contributed by atoms with van der Waals surface area (Å²) in [4.78, 5) is 17.8. The molecule has 2 heterocycles. The minimum atomic E-state index is -0.499. The van der Waals surface area contributed by atoms with E-state index in [2.05, 4.69) is 24.1 Å². The van der Waals surface area contributed by atoms with Crippen molar-refractivity contribution >= 4 is 23.7 Å². The molecule has 1 aromatic carbocycles. The fraction of sp³-hybridized carbons (Fsp3) is 0.542.